The van der Waals surface area contributed by atoms with Crippen molar-refractivity contribution in [2.24, 2.45) is 0 Å². The number of anilines is 1. The van der Waals surface area contributed by atoms with E-state index < -0.39 is 47.2 Å². The number of hydrogen-bond donors (Lipinski definition) is 3. The average molecular weight is 392 g/mol. The topological polar surface area (TPSA) is 86.9 Å². The van der Waals surface area contributed by atoms with Crippen molar-refractivity contribution in [3.63, 3.8) is 0 Å². The van der Waals surface area contributed by atoms with Crippen LogP contribution in [0.15, 0.2) is 42.6 Å². The Morgan fingerprint density at radius 3 is 2.07 bits per heavy atom. The van der Waals surface area contributed by atoms with Gasteiger partial charge in [0.15, 0.2) is 0 Å². The smallest absolute Gasteiger partial charge is 0.271 e. The number of aromatic amines is 1. The predicted molar refractivity (Wildman–Crippen MR) is 90.4 cm³/mol. The number of halogens is 4. The van der Waals surface area contributed by atoms with Gasteiger partial charge in [0.25, 0.3) is 11.8 Å². The van der Waals surface area contributed by atoms with Gasteiger partial charge in [-0.25, -0.2) is 17.6 Å². The second-order valence-corrected chi connectivity index (χ2v) is 5.59. The lowest BCUT2D eigenvalue weighted by Crippen LogP contribution is -2.26. The summed E-state index contributed by atoms with van der Waals surface area (Å²) < 4.78 is 54.6. The Hall–Kier alpha value is -3.69. The van der Waals surface area contributed by atoms with Crippen LogP contribution in [-0.2, 0) is 6.54 Å². The second kappa shape index (κ2) is 7.91. The third-order valence-corrected chi connectivity index (χ3v) is 3.79. The number of hydrogen-bond acceptors (Lipinski definition) is 3. The molecule has 0 fully saturated rings. The summed E-state index contributed by atoms with van der Waals surface area (Å²) >= 11 is 0. The van der Waals surface area contributed by atoms with Crippen molar-refractivity contribution >= 4 is 17.5 Å². The molecule has 3 rings (SSSR count). The summed E-state index contributed by atoms with van der Waals surface area (Å²) in [7, 11) is 0. The van der Waals surface area contributed by atoms with Gasteiger partial charge in [0.05, 0.1) is 11.9 Å². The van der Waals surface area contributed by atoms with Crippen LogP contribution in [0.4, 0.5) is 23.2 Å². The molecule has 0 spiro atoms. The number of amides is 2. The second-order valence-electron chi connectivity index (χ2n) is 5.59. The third kappa shape index (κ3) is 3.85. The Morgan fingerprint density at radius 2 is 1.46 bits per heavy atom. The number of nitrogens with one attached hydrogen (secondary N) is 3. The monoisotopic (exact) mass is 392 g/mol. The van der Waals surface area contributed by atoms with Gasteiger partial charge < -0.3 is 10.6 Å². The normalized spacial score (nSPS) is 10.6. The quantitative estimate of drug-likeness (QED) is 0.583. The standard InChI is InChI=1S/C18H12F4N4O2/c19-10-3-1-4-11(20)9(10)7-23-18(28)16-14(8-24-26-16)25-17(27)15-12(21)5-2-6-13(15)22/h1-6,8H,7H2,(H,23,28)(H,24,26)(H,25,27). The fraction of sp³-hybridized carbons (Fsp3) is 0.0556. The number of nitrogens with zero attached hydrogens (tertiary/aromatic N) is 1. The number of H-pyrrole nitrogens is 1. The highest BCUT2D eigenvalue weighted by atomic mass is 19.1. The van der Waals surface area contributed by atoms with Gasteiger partial charge in [-0.05, 0) is 24.3 Å². The van der Waals surface area contributed by atoms with Crippen molar-refractivity contribution < 1.29 is 27.2 Å². The summed E-state index contributed by atoms with van der Waals surface area (Å²) in [6.45, 7) is -0.467. The van der Waals surface area contributed by atoms with Gasteiger partial charge in [0, 0.05) is 12.1 Å². The summed E-state index contributed by atoms with van der Waals surface area (Å²) in [6.07, 6.45) is 1.05. The summed E-state index contributed by atoms with van der Waals surface area (Å²) in [6, 6.07) is 6.17. The molecule has 10 heteroatoms. The molecule has 0 aliphatic carbocycles. The van der Waals surface area contributed by atoms with Crippen molar-refractivity contribution in [2.75, 3.05) is 5.32 Å². The Labute approximate surface area is 155 Å². The highest BCUT2D eigenvalue weighted by molar-refractivity contribution is 6.08. The molecule has 0 bridgehead atoms. The summed E-state index contributed by atoms with van der Waals surface area (Å²) in [5, 5.41) is 10.3. The zero-order valence-corrected chi connectivity index (χ0v) is 14.0. The Kier molecular flexibility index (Phi) is 5.39. The molecule has 0 saturated carbocycles. The molecule has 0 aliphatic rings. The van der Waals surface area contributed by atoms with Gasteiger partial charge in [-0.15, -0.1) is 0 Å². The van der Waals surface area contributed by atoms with Crippen molar-refractivity contribution in [2.45, 2.75) is 6.54 Å². The maximum absolute atomic E-state index is 13.7. The molecule has 2 aromatic carbocycles. The minimum absolute atomic E-state index is 0.167. The molecule has 0 aliphatic heterocycles. The number of aromatic nitrogens is 2. The van der Waals surface area contributed by atoms with Gasteiger partial charge in [-0.1, -0.05) is 12.1 Å². The minimum atomic E-state index is -1.13. The third-order valence-electron chi connectivity index (χ3n) is 3.79. The lowest BCUT2D eigenvalue weighted by molar-refractivity contribution is 0.0946. The van der Waals surface area contributed by atoms with Crippen LogP contribution >= 0.6 is 0 Å². The van der Waals surface area contributed by atoms with Crippen LogP contribution in [0.2, 0.25) is 0 Å². The van der Waals surface area contributed by atoms with E-state index in [0.717, 1.165) is 36.5 Å². The lowest BCUT2D eigenvalue weighted by Gasteiger charge is -2.09. The van der Waals surface area contributed by atoms with E-state index in [1.54, 1.807) is 0 Å². The first-order valence-electron chi connectivity index (χ1n) is 7.88. The molecule has 1 heterocycles. The van der Waals surface area contributed by atoms with Crippen LogP contribution in [-0.4, -0.2) is 22.0 Å². The minimum Gasteiger partial charge on any atom is -0.346 e. The Bertz CT molecular complexity index is 1010. The van der Waals surface area contributed by atoms with Gasteiger partial charge in [-0.2, -0.15) is 5.10 Å². The van der Waals surface area contributed by atoms with Gasteiger partial charge in [-0.3, -0.25) is 14.7 Å². The van der Waals surface area contributed by atoms with E-state index in [9.17, 15) is 27.2 Å². The highest BCUT2D eigenvalue weighted by Gasteiger charge is 2.21. The van der Waals surface area contributed by atoms with E-state index in [0.29, 0.717) is 0 Å². The average Bonchev–Trinajstić information content (AvgIpc) is 3.09. The molecule has 0 radical (unpaired) electrons. The number of benzene rings is 2. The SMILES string of the molecule is O=C(NCc1c(F)cccc1F)c1[nH]ncc1NC(=O)c1c(F)cccc1F. The molecule has 2 amide bonds. The molecule has 28 heavy (non-hydrogen) atoms. The first kappa shape index (κ1) is 19.1. The van der Waals surface area contributed by atoms with Crippen molar-refractivity contribution in [1.82, 2.24) is 15.5 Å². The number of carbonyl (C=O) groups excluding carboxylic acids is 2. The van der Waals surface area contributed by atoms with Gasteiger partial charge in [0.2, 0.25) is 0 Å². The molecule has 3 aromatic rings. The van der Waals surface area contributed by atoms with Crippen LogP contribution in [0.5, 0.6) is 0 Å². The van der Waals surface area contributed by atoms with E-state index in [4.69, 9.17) is 0 Å². The number of rotatable bonds is 5. The molecule has 1 aromatic heterocycles. The highest BCUT2D eigenvalue weighted by Crippen LogP contribution is 2.18. The molecule has 0 unspecified atom stereocenters. The van der Waals surface area contributed by atoms with Gasteiger partial charge in [0.1, 0.15) is 34.5 Å². The van der Waals surface area contributed by atoms with E-state index >= 15 is 0 Å². The van der Waals surface area contributed by atoms with E-state index in [2.05, 4.69) is 20.8 Å². The van der Waals surface area contributed by atoms with E-state index in [1.165, 1.54) is 6.07 Å². The molecule has 3 N–H and O–H groups in total. The zero-order valence-electron chi connectivity index (χ0n) is 14.0. The largest absolute Gasteiger partial charge is 0.346 e. The van der Waals surface area contributed by atoms with Crippen LogP contribution in [0.1, 0.15) is 26.4 Å². The lowest BCUT2D eigenvalue weighted by atomic mass is 10.1. The van der Waals surface area contributed by atoms with Crippen LogP contribution in [0.25, 0.3) is 0 Å². The summed E-state index contributed by atoms with van der Waals surface area (Å²) in [5.41, 5.74) is -1.61. The molecule has 0 atom stereocenters. The van der Waals surface area contributed by atoms with Crippen LogP contribution in [0.3, 0.4) is 0 Å². The van der Waals surface area contributed by atoms with Crippen molar-refractivity contribution in [3.8, 4) is 0 Å². The molecular formula is C18H12F4N4O2. The Balaban J connectivity index is 1.74. The molecule has 6 nitrogen and oxygen atoms in total. The maximum Gasteiger partial charge on any atom is 0.271 e. The predicted octanol–water partition coefficient (Wildman–Crippen LogP) is 3.15. The first-order valence-corrected chi connectivity index (χ1v) is 7.88. The fourth-order valence-electron chi connectivity index (χ4n) is 2.41. The summed E-state index contributed by atoms with van der Waals surface area (Å²) in [4.78, 5) is 24.4. The molecular weight excluding hydrogens is 380 g/mol. The molecule has 0 saturated heterocycles. The van der Waals surface area contributed by atoms with Crippen LogP contribution in [0, 0.1) is 23.3 Å². The first-order chi connectivity index (χ1) is 13.4. The van der Waals surface area contributed by atoms with Crippen molar-refractivity contribution in [1.29, 1.82) is 0 Å². The fourth-order valence-corrected chi connectivity index (χ4v) is 2.41. The summed E-state index contributed by atoms with van der Waals surface area (Å²) in [5.74, 6) is -5.82. The Morgan fingerprint density at radius 1 is 0.893 bits per heavy atom. The van der Waals surface area contributed by atoms with Crippen molar-refractivity contribution in [3.05, 3.63) is 82.7 Å². The molecule has 144 valence electrons. The van der Waals surface area contributed by atoms with E-state index in [1.807, 2.05) is 0 Å². The van der Waals surface area contributed by atoms with Gasteiger partial charge >= 0.3 is 0 Å². The number of carbonyl (C=O) groups is 2. The van der Waals surface area contributed by atoms with E-state index in [-0.39, 0.29) is 16.9 Å². The zero-order chi connectivity index (χ0) is 20.3. The van der Waals surface area contributed by atoms with Crippen LogP contribution < -0.4 is 10.6 Å². The maximum atomic E-state index is 13.7.